The van der Waals surface area contributed by atoms with E-state index in [1.165, 1.54) is 0 Å². The van der Waals surface area contributed by atoms with Gasteiger partial charge >= 0.3 is 0 Å². The van der Waals surface area contributed by atoms with Crippen LogP contribution in [0, 0.1) is 20.2 Å². The summed E-state index contributed by atoms with van der Waals surface area (Å²) in [6, 6.07) is -0.0848. The molecule has 104 valence electrons. The normalized spacial score (nSPS) is 21.5. The van der Waals surface area contributed by atoms with Crippen molar-refractivity contribution in [3.05, 3.63) is 20.2 Å². The molecule has 1 rings (SSSR count). The molecule has 0 aliphatic carbocycles. The third-order valence-electron chi connectivity index (χ3n) is 2.75. The second-order valence-corrected chi connectivity index (χ2v) is 3.94. The van der Waals surface area contributed by atoms with Gasteiger partial charge in [-0.15, -0.1) is 20.2 Å². The average molecular weight is 265 g/mol. The van der Waals surface area contributed by atoms with Gasteiger partial charge in [-0.3, -0.25) is 4.90 Å². The fraction of sp³-hybridized carbons (Fsp3) is 1.00. The molecular weight excluding hydrogens is 250 g/mol. The molecule has 1 aliphatic rings. The maximum Gasteiger partial charge on any atom is 0.294 e. The summed E-state index contributed by atoms with van der Waals surface area (Å²) in [5, 5.41) is 27.4. The van der Waals surface area contributed by atoms with Gasteiger partial charge in [0.2, 0.25) is 0 Å². The molecule has 1 saturated heterocycles. The lowest BCUT2D eigenvalue weighted by atomic mass is 10.2. The van der Waals surface area contributed by atoms with E-state index in [0.29, 0.717) is 6.54 Å². The van der Waals surface area contributed by atoms with Gasteiger partial charge in [0.25, 0.3) is 10.2 Å². The van der Waals surface area contributed by atoms with E-state index < -0.39 is 22.9 Å². The van der Waals surface area contributed by atoms with E-state index in [0.717, 1.165) is 12.8 Å². The second kappa shape index (κ2) is 6.91. The Morgan fingerprint density at radius 1 is 1.39 bits per heavy atom. The highest BCUT2D eigenvalue weighted by Crippen LogP contribution is 2.17. The van der Waals surface area contributed by atoms with Crippen LogP contribution in [0.2, 0.25) is 0 Å². The Bertz CT molecular complexity index is 300. The molecular formula is C8H15N3O7. The zero-order chi connectivity index (χ0) is 13.5. The fourth-order valence-corrected chi connectivity index (χ4v) is 1.99. The first kappa shape index (κ1) is 14.4. The molecule has 0 aromatic heterocycles. The number of rotatable bonds is 8. The van der Waals surface area contributed by atoms with Crippen LogP contribution in [-0.4, -0.2) is 58.6 Å². The molecule has 0 radical (unpaired) electrons. The summed E-state index contributed by atoms with van der Waals surface area (Å²) in [7, 11) is 0. The van der Waals surface area contributed by atoms with Crippen molar-refractivity contribution in [2.75, 3.05) is 26.3 Å². The van der Waals surface area contributed by atoms with Crippen LogP contribution in [0.4, 0.5) is 0 Å². The van der Waals surface area contributed by atoms with Crippen LogP contribution < -0.4 is 0 Å². The molecule has 18 heavy (non-hydrogen) atoms. The van der Waals surface area contributed by atoms with E-state index in [2.05, 4.69) is 9.68 Å². The van der Waals surface area contributed by atoms with Gasteiger partial charge in [-0.05, 0) is 19.4 Å². The van der Waals surface area contributed by atoms with Gasteiger partial charge in [-0.1, -0.05) is 0 Å². The molecule has 0 unspecified atom stereocenters. The number of aliphatic hydroxyl groups is 1. The zero-order valence-electron chi connectivity index (χ0n) is 9.64. The van der Waals surface area contributed by atoms with Crippen molar-refractivity contribution in [3.8, 4) is 0 Å². The van der Waals surface area contributed by atoms with Crippen LogP contribution >= 0.6 is 0 Å². The summed E-state index contributed by atoms with van der Waals surface area (Å²) in [5.41, 5.74) is 0. The van der Waals surface area contributed by atoms with E-state index in [1.807, 2.05) is 0 Å². The number of aliphatic hydroxyl groups excluding tert-OH is 1. The highest BCUT2D eigenvalue weighted by atomic mass is 17.0. The third-order valence-corrected chi connectivity index (χ3v) is 2.75. The lowest BCUT2D eigenvalue weighted by Crippen LogP contribution is -2.41. The predicted octanol–water partition coefficient (Wildman–Crippen LogP) is -0.772. The van der Waals surface area contributed by atoms with Crippen molar-refractivity contribution in [2.45, 2.75) is 25.0 Å². The molecule has 0 amide bonds. The van der Waals surface area contributed by atoms with Crippen molar-refractivity contribution in [3.63, 3.8) is 0 Å². The number of nitrogens with zero attached hydrogens (tertiary/aromatic N) is 3. The molecule has 0 spiro atoms. The van der Waals surface area contributed by atoms with Crippen molar-refractivity contribution >= 4 is 0 Å². The molecule has 2 atom stereocenters. The molecule has 10 heteroatoms. The minimum atomic E-state index is -1.04. The lowest BCUT2D eigenvalue weighted by molar-refractivity contribution is -0.789. The van der Waals surface area contributed by atoms with Crippen LogP contribution in [0.5, 0.6) is 0 Å². The Balaban J connectivity index is 2.48. The van der Waals surface area contributed by atoms with Gasteiger partial charge < -0.3 is 14.8 Å². The van der Waals surface area contributed by atoms with Crippen molar-refractivity contribution in [1.82, 2.24) is 4.90 Å². The molecule has 0 bridgehead atoms. The monoisotopic (exact) mass is 265 g/mol. The highest BCUT2D eigenvalue weighted by Gasteiger charge is 2.28. The first-order chi connectivity index (χ1) is 8.52. The van der Waals surface area contributed by atoms with Gasteiger partial charge in [0, 0.05) is 12.6 Å². The first-order valence-electron chi connectivity index (χ1n) is 5.46. The topological polar surface area (TPSA) is 128 Å². The average Bonchev–Trinajstić information content (AvgIpc) is 2.72. The van der Waals surface area contributed by atoms with E-state index >= 15 is 0 Å². The smallest absolute Gasteiger partial charge is 0.294 e. The van der Waals surface area contributed by atoms with Gasteiger partial charge in [0.1, 0.15) is 12.7 Å². The quantitative estimate of drug-likeness (QED) is 0.447. The van der Waals surface area contributed by atoms with Gasteiger partial charge in [-0.25, -0.2) is 0 Å². The van der Waals surface area contributed by atoms with E-state index in [4.69, 9.17) is 5.11 Å². The fourth-order valence-electron chi connectivity index (χ4n) is 1.99. The molecule has 0 aromatic carbocycles. The highest BCUT2D eigenvalue weighted by molar-refractivity contribution is 4.80. The molecule has 1 heterocycles. The van der Waals surface area contributed by atoms with Gasteiger partial charge in [0.05, 0.1) is 6.61 Å². The van der Waals surface area contributed by atoms with E-state index in [-0.39, 0.29) is 19.2 Å². The SMILES string of the molecule is O=[N+]([O-])OC[C@@H](CN1CCC[C@H]1CO)O[N+](=O)[O-]. The largest absolute Gasteiger partial charge is 0.395 e. The maximum absolute atomic E-state index is 10.3. The Hall–Kier alpha value is -1.68. The molecule has 0 saturated carbocycles. The van der Waals surface area contributed by atoms with Crippen LogP contribution in [0.3, 0.4) is 0 Å². The first-order valence-corrected chi connectivity index (χ1v) is 5.46. The molecule has 0 aromatic rings. The molecule has 1 aliphatic heterocycles. The predicted molar refractivity (Wildman–Crippen MR) is 56.5 cm³/mol. The second-order valence-electron chi connectivity index (χ2n) is 3.94. The standard InChI is InChI=1S/C8H15N3O7/c12-5-7-2-1-3-9(7)4-8(18-11(15)16)6-17-10(13)14/h7-8,12H,1-6H2/t7-,8+/m0/s1. The van der Waals surface area contributed by atoms with Crippen LogP contribution in [0.25, 0.3) is 0 Å². The summed E-state index contributed by atoms with van der Waals surface area (Å²) < 4.78 is 0. The number of hydrogen-bond donors (Lipinski definition) is 1. The maximum atomic E-state index is 10.3. The van der Waals surface area contributed by atoms with Gasteiger partial charge in [-0.2, -0.15) is 0 Å². The Labute approximate surface area is 102 Å². The van der Waals surface area contributed by atoms with Crippen molar-refractivity contribution in [1.29, 1.82) is 0 Å². The van der Waals surface area contributed by atoms with E-state index in [1.54, 1.807) is 4.90 Å². The van der Waals surface area contributed by atoms with Crippen LogP contribution in [0.15, 0.2) is 0 Å². The number of hydrogen-bond acceptors (Lipinski definition) is 8. The summed E-state index contributed by atoms with van der Waals surface area (Å²) in [4.78, 5) is 30.5. The lowest BCUT2D eigenvalue weighted by Gasteiger charge is -2.26. The summed E-state index contributed by atoms with van der Waals surface area (Å²) in [6.07, 6.45) is 0.613. The van der Waals surface area contributed by atoms with Crippen LogP contribution in [0.1, 0.15) is 12.8 Å². The Morgan fingerprint density at radius 3 is 2.67 bits per heavy atom. The van der Waals surface area contributed by atoms with Crippen molar-refractivity contribution < 1.29 is 25.0 Å². The Kier molecular flexibility index (Phi) is 5.52. The van der Waals surface area contributed by atoms with Crippen molar-refractivity contribution in [2.24, 2.45) is 0 Å². The summed E-state index contributed by atoms with van der Waals surface area (Å²) in [6.45, 7) is 0.214. The molecule has 1 fully saturated rings. The zero-order valence-corrected chi connectivity index (χ0v) is 9.64. The third kappa shape index (κ3) is 4.67. The van der Waals surface area contributed by atoms with Gasteiger partial charge in [0.15, 0.2) is 0 Å². The Morgan fingerprint density at radius 2 is 2.11 bits per heavy atom. The number of likely N-dealkylation sites (tertiary alicyclic amines) is 1. The molecule has 1 N–H and O–H groups in total. The minimum Gasteiger partial charge on any atom is -0.395 e. The summed E-state index contributed by atoms with van der Waals surface area (Å²) in [5.74, 6) is 0. The summed E-state index contributed by atoms with van der Waals surface area (Å²) >= 11 is 0. The van der Waals surface area contributed by atoms with E-state index in [9.17, 15) is 20.2 Å². The minimum absolute atomic E-state index is 0.0543. The molecule has 10 nitrogen and oxygen atoms in total. The van der Waals surface area contributed by atoms with Crippen LogP contribution in [-0.2, 0) is 9.68 Å².